The van der Waals surface area contributed by atoms with Crippen LogP contribution in [0.2, 0.25) is 0 Å². The maximum Gasteiger partial charge on any atom is 0.273 e. The molecule has 0 fully saturated rings. The molecule has 1 amide bonds. The number of nitrogens with zero attached hydrogens (tertiary/aromatic N) is 1. The van der Waals surface area contributed by atoms with Crippen LogP contribution in [-0.2, 0) is 0 Å². The highest BCUT2D eigenvalue weighted by atomic mass is 16.3. The number of rotatable bonds is 4. The molecule has 1 heterocycles. The second-order valence-corrected chi connectivity index (χ2v) is 5.20. The molecule has 0 saturated carbocycles. The van der Waals surface area contributed by atoms with Crippen molar-refractivity contribution in [2.24, 2.45) is 11.3 Å². The van der Waals surface area contributed by atoms with E-state index in [2.05, 4.69) is 38.0 Å². The van der Waals surface area contributed by atoms with Gasteiger partial charge < -0.3 is 10.4 Å². The second-order valence-electron chi connectivity index (χ2n) is 5.20. The number of hydrogen-bond donors (Lipinski definition) is 2. The molecular formula is C13H20N2O2. The number of amides is 1. The van der Waals surface area contributed by atoms with Crippen LogP contribution >= 0.6 is 0 Å². The number of aromatic hydroxyl groups is 1. The molecule has 94 valence electrons. The maximum absolute atomic E-state index is 11.8. The summed E-state index contributed by atoms with van der Waals surface area (Å²) in [5.41, 5.74) is 0.0899. The fraction of sp³-hybridized carbons (Fsp3) is 0.538. The Morgan fingerprint density at radius 1 is 1.53 bits per heavy atom. The number of pyridine rings is 1. The summed E-state index contributed by atoms with van der Waals surface area (Å²) in [4.78, 5) is 15.7. The molecule has 0 aromatic carbocycles. The number of carbonyl (C=O) groups is 1. The maximum atomic E-state index is 11.8. The molecule has 0 aliphatic rings. The van der Waals surface area contributed by atoms with Gasteiger partial charge in [-0.1, -0.05) is 27.7 Å². The highest BCUT2D eigenvalue weighted by Gasteiger charge is 2.23. The van der Waals surface area contributed by atoms with Gasteiger partial charge in [0.25, 0.3) is 5.91 Å². The van der Waals surface area contributed by atoms with Crippen LogP contribution in [-0.4, -0.2) is 22.5 Å². The van der Waals surface area contributed by atoms with Gasteiger partial charge in [-0.25, -0.2) is 4.98 Å². The summed E-state index contributed by atoms with van der Waals surface area (Å²) in [5.74, 6) is 0.0318. The van der Waals surface area contributed by atoms with Gasteiger partial charge in [-0.05, 0) is 23.5 Å². The minimum Gasteiger partial charge on any atom is -0.505 e. The number of nitrogens with one attached hydrogen (secondary N) is 1. The van der Waals surface area contributed by atoms with Crippen molar-refractivity contribution in [3.05, 3.63) is 24.0 Å². The summed E-state index contributed by atoms with van der Waals surface area (Å²) >= 11 is 0. The average molecular weight is 236 g/mol. The fourth-order valence-electron chi connectivity index (χ4n) is 1.17. The van der Waals surface area contributed by atoms with Gasteiger partial charge in [-0.2, -0.15) is 0 Å². The van der Waals surface area contributed by atoms with Gasteiger partial charge in [0.2, 0.25) is 0 Å². The van der Waals surface area contributed by atoms with Gasteiger partial charge >= 0.3 is 0 Å². The van der Waals surface area contributed by atoms with Crippen molar-refractivity contribution in [1.29, 1.82) is 0 Å². The third-order valence-electron chi connectivity index (χ3n) is 3.27. The lowest BCUT2D eigenvalue weighted by molar-refractivity contribution is 0.0917. The van der Waals surface area contributed by atoms with Crippen LogP contribution in [0.15, 0.2) is 18.3 Å². The first-order valence-electron chi connectivity index (χ1n) is 5.77. The number of aromatic nitrogens is 1. The molecule has 2 N–H and O–H groups in total. The Morgan fingerprint density at radius 2 is 2.18 bits per heavy atom. The standard InChI is InChI=1S/C13H20N2O2/c1-9(2)13(3,4)8-15-12(17)11-10(16)6-5-7-14-11/h5-7,9,16H,8H2,1-4H3,(H,15,17). The van der Waals surface area contributed by atoms with Gasteiger partial charge in [0, 0.05) is 12.7 Å². The zero-order chi connectivity index (χ0) is 13.1. The van der Waals surface area contributed by atoms with Gasteiger partial charge in [0.15, 0.2) is 5.69 Å². The molecule has 1 aromatic rings. The third kappa shape index (κ3) is 3.44. The molecule has 0 aliphatic heterocycles. The van der Waals surface area contributed by atoms with E-state index >= 15 is 0 Å². The molecule has 1 rings (SSSR count). The van der Waals surface area contributed by atoms with Crippen LogP contribution in [0.1, 0.15) is 38.2 Å². The van der Waals surface area contributed by atoms with E-state index in [-0.39, 0.29) is 22.8 Å². The van der Waals surface area contributed by atoms with E-state index in [4.69, 9.17) is 0 Å². The highest BCUT2D eigenvalue weighted by Crippen LogP contribution is 2.25. The first kappa shape index (κ1) is 13.5. The van der Waals surface area contributed by atoms with Gasteiger partial charge in [0.05, 0.1) is 0 Å². The van der Waals surface area contributed by atoms with Crippen molar-refractivity contribution < 1.29 is 9.90 Å². The quantitative estimate of drug-likeness (QED) is 0.842. The Morgan fingerprint density at radius 3 is 2.71 bits per heavy atom. The van der Waals surface area contributed by atoms with Crippen LogP contribution in [0, 0.1) is 11.3 Å². The van der Waals surface area contributed by atoms with Gasteiger partial charge in [-0.3, -0.25) is 4.79 Å². The minimum atomic E-state index is -0.336. The largest absolute Gasteiger partial charge is 0.505 e. The molecule has 0 spiro atoms. The molecule has 17 heavy (non-hydrogen) atoms. The van der Waals surface area contributed by atoms with Crippen LogP contribution in [0.5, 0.6) is 5.75 Å². The average Bonchev–Trinajstić information content (AvgIpc) is 2.26. The van der Waals surface area contributed by atoms with E-state index in [0.29, 0.717) is 12.5 Å². The highest BCUT2D eigenvalue weighted by molar-refractivity contribution is 5.94. The molecule has 0 aliphatic carbocycles. The van der Waals surface area contributed by atoms with E-state index in [0.717, 1.165) is 0 Å². The van der Waals surface area contributed by atoms with Gasteiger partial charge in [0.1, 0.15) is 5.75 Å². The van der Waals surface area contributed by atoms with Crippen LogP contribution in [0.25, 0.3) is 0 Å². The minimum absolute atomic E-state index is 0.0139. The Bertz CT molecular complexity index is 400. The third-order valence-corrected chi connectivity index (χ3v) is 3.27. The lowest BCUT2D eigenvalue weighted by atomic mass is 9.81. The first-order valence-corrected chi connectivity index (χ1v) is 5.77. The van der Waals surface area contributed by atoms with E-state index in [1.165, 1.54) is 12.3 Å². The molecule has 4 heteroatoms. The molecule has 0 unspecified atom stereocenters. The monoisotopic (exact) mass is 236 g/mol. The van der Waals surface area contributed by atoms with Crippen molar-refractivity contribution in [1.82, 2.24) is 10.3 Å². The van der Waals surface area contributed by atoms with Crippen molar-refractivity contribution in [3.63, 3.8) is 0 Å². The molecular weight excluding hydrogens is 216 g/mol. The van der Waals surface area contributed by atoms with E-state index < -0.39 is 0 Å². The smallest absolute Gasteiger partial charge is 0.273 e. The molecule has 4 nitrogen and oxygen atoms in total. The molecule has 0 bridgehead atoms. The lowest BCUT2D eigenvalue weighted by Crippen LogP contribution is -2.37. The predicted molar refractivity (Wildman–Crippen MR) is 66.9 cm³/mol. The molecule has 0 saturated heterocycles. The fourth-order valence-corrected chi connectivity index (χ4v) is 1.17. The summed E-state index contributed by atoms with van der Waals surface area (Å²) in [7, 11) is 0. The van der Waals surface area contributed by atoms with E-state index in [1.807, 2.05) is 0 Å². The summed E-state index contributed by atoms with van der Waals surface area (Å²) in [5, 5.41) is 12.3. The van der Waals surface area contributed by atoms with Gasteiger partial charge in [-0.15, -0.1) is 0 Å². The Kier molecular flexibility index (Phi) is 4.10. The summed E-state index contributed by atoms with van der Waals surface area (Å²) in [6, 6.07) is 3.04. The van der Waals surface area contributed by atoms with E-state index in [9.17, 15) is 9.90 Å². The summed E-state index contributed by atoms with van der Waals surface area (Å²) in [6.45, 7) is 8.97. The molecule has 0 atom stereocenters. The van der Waals surface area contributed by atoms with Crippen molar-refractivity contribution in [2.45, 2.75) is 27.7 Å². The van der Waals surface area contributed by atoms with Crippen molar-refractivity contribution in [2.75, 3.05) is 6.54 Å². The normalized spacial score (nSPS) is 11.6. The summed E-state index contributed by atoms with van der Waals surface area (Å²) < 4.78 is 0. The van der Waals surface area contributed by atoms with Crippen LogP contribution < -0.4 is 5.32 Å². The predicted octanol–water partition coefficient (Wildman–Crippen LogP) is 2.20. The first-order chi connectivity index (χ1) is 7.84. The Hall–Kier alpha value is -1.58. The van der Waals surface area contributed by atoms with Crippen molar-refractivity contribution >= 4 is 5.91 Å². The zero-order valence-electron chi connectivity index (χ0n) is 10.8. The molecule has 1 aromatic heterocycles. The van der Waals surface area contributed by atoms with Crippen molar-refractivity contribution in [3.8, 4) is 5.75 Å². The SMILES string of the molecule is CC(C)C(C)(C)CNC(=O)c1ncccc1O. The Labute approximate surface area is 102 Å². The summed E-state index contributed by atoms with van der Waals surface area (Å²) in [6.07, 6.45) is 1.49. The number of carbonyl (C=O) groups excluding carboxylic acids is 1. The lowest BCUT2D eigenvalue weighted by Gasteiger charge is -2.29. The van der Waals surface area contributed by atoms with Crippen LogP contribution in [0.4, 0.5) is 0 Å². The second kappa shape index (κ2) is 5.17. The van der Waals surface area contributed by atoms with Crippen LogP contribution in [0.3, 0.4) is 0 Å². The number of hydrogen-bond acceptors (Lipinski definition) is 3. The molecule has 0 radical (unpaired) electrons. The zero-order valence-corrected chi connectivity index (χ0v) is 10.8. The topological polar surface area (TPSA) is 62.2 Å². The van der Waals surface area contributed by atoms with E-state index in [1.54, 1.807) is 6.07 Å². The Balaban J connectivity index is 2.66.